The van der Waals surface area contributed by atoms with Gasteiger partial charge < -0.3 is 9.88 Å². The van der Waals surface area contributed by atoms with E-state index in [4.69, 9.17) is 0 Å². The maximum absolute atomic E-state index is 4.34. The summed E-state index contributed by atoms with van der Waals surface area (Å²) in [4.78, 5) is 0. The highest BCUT2D eigenvalue weighted by atomic mass is 32.2. The third-order valence-electron chi connectivity index (χ3n) is 3.79. The highest BCUT2D eigenvalue weighted by Crippen LogP contribution is 2.21. The van der Waals surface area contributed by atoms with Gasteiger partial charge in [0, 0.05) is 31.0 Å². The van der Waals surface area contributed by atoms with E-state index in [2.05, 4.69) is 51.3 Å². The molecule has 5 heteroatoms. The summed E-state index contributed by atoms with van der Waals surface area (Å²) in [6, 6.07) is 8.52. The molecule has 1 aliphatic rings. The molecule has 0 radical (unpaired) electrons. The van der Waals surface area contributed by atoms with Crippen molar-refractivity contribution in [1.29, 1.82) is 0 Å². The predicted octanol–water partition coefficient (Wildman–Crippen LogP) is 3.52. The second-order valence-corrected chi connectivity index (χ2v) is 6.56. The molecule has 0 fully saturated rings. The highest BCUT2D eigenvalue weighted by molar-refractivity contribution is 7.99. The van der Waals surface area contributed by atoms with Gasteiger partial charge in [0.25, 0.3) is 0 Å². The van der Waals surface area contributed by atoms with Crippen LogP contribution >= 0.6 is 11.8 Å². The third-order valence-corrected chi connectivity index (χ3v) is 4.76. The Labute approximate surface area is 130 Å². The number of benzene rings is 1. The quantitative estimate of drug-likeness (QED) is 0.678. The Morgan fingerprint density at radius 3 is 2.86 bits per heavy atom. The second kappa shape index (κ2) is 6.98. The summed E-state index contributed by atoms with van der Waals surface area (Å²) in [5.41, 5.74) is 2.47. The second-order valence-electron chi connectivity index (χ2n) is 5.50. The smallest absolute Gasteiger partial charge is 0.191 e. The summed E-state index contributed by atoms with van der Waals surface area (Å²) in [6.07, 6.45) is 4.88. The Kier molecular flexibility index (Phi) is 4.80. The molecule has 2 aromatic rings. The van der Waals surface area contributed by atoms with Crippen molar-refractivity contribution < 1.29 is 0 Å². The molecule has 0 spiro atoms. The number of rotatable bonds is 5. The van der Waals surface area contributed by atoms with Crippen molar-refractivity contribution in [2.24, 2.45) is 0 Å². The van der Waals surface area contributed by atoms with Crippen LogP contribution in [0.4, 0.5) is 5.69 Å². The number of nitrogens with one attached hydrogen (secondary N) is 1. The fourth-order valence-corrected chi connectivity index (χ4v) is 3.41. The molecular weight excluding hydrogens is 280 g/mol. The van der Waals surface area contributed by atoms with Crippen molar-refractivity contribution in [2.45, 2.75) is 44.3 Å². The van der Waals surface area contributed by atoms with E-state index >= 15 is 0 Å². The first-order chi connectivity index (χ1) is 10.3. The zero-order valence-electron chi connectivity index (χ0n) is 12.5. The van der Waals surface area contributed by atoms with Crippen LogP contribution in [0, 0.1) is 6.92 Å². The maximum Gasteiger partial charge on any atom is 0.191 e. The Hall–Kier alpha value is -1.49. The molecule has 21 heavy (non-hydrogen) atoms. The molecule has 112 valence electrons. The molecule has 0 saturated heterocycles. The van der Waals surface area contributed by atoms with Crippen molar-refractivity contribution >= 4 is 17.4 Å². The van der Waals surface area contributed by atoms with E-state index in [1.807, 2.05) is 0 Å². The average Bonchev–Trinajstić information content (AvgIpc) is 2.73. The minimum Gasteiger partial charge on any atom is -0.384 e. The number of nitrogens with zero attached hydrogens (tertiary/aromatic N) is 3. The lowest BCUT2D eigenvalue weighted by atomic mass is 10.2. The molecule has 0 amide bonds. The topological polar surface area (TPSA) is 42.7 Å². The molecule has 0 unspecified atom stereocenters. The number of anilines is 1. The SMILES string of the molecule is Cc1ccc(NCCSc2nnc3n2CCCCC3)cc1. The maximum atomic E-state index is 4.34. The van der Waals surface area contributed by atoms with Crippen molar-refractivity contribution in [3.05, 3.63) is 35.7 Å². The van der Waals surface area contributed by atoms with Gasteiger partial charge in [-0.3, -0.25) is 0 Å². The van der Waals surface area contributed by atoms with E-state index in [-0.39, 0.29) is 0 Å². The van der Waals surface area contributed by atoms with Gasteiger partial charge >= 0.3 is 0 Å². The lowest BCUT2D eigenvalue weighted by Crippen LogP contribution is -2.06. The van der Waals surface area contributed by atoms with Crippen LogP contribution in [0.2, 0.25) is 0 Å². The lowest BCUT2D eigenvalue weighted by molar-refractivity contribution is 0.591. The van der Waals surface area contributed by atoms with E-state index in [0.717, 1.165) is 30.4 Å². The first-order valence-corrected chi connectivity index (χ1v) is 8.67. The lowest BCUT2D eigenvalue weighted by Gasteiger charge is -2.08. The molecule has 1 aliphatic heterocycles. The van der Waals surface area contributed by atoms with E-state index in [9.17, 15) is 0 Å². The van der Waals surface area contributed by atoms with Gasteiger partial charge in [0.15, 0.2) is 5.16 Å². The molecule has 0 bridgehead atoms. The zero-order valence-corrected chi connectivity index (χ0v) is 13.3. The average molecular weight is 302 g/mol. The van der Waals surface area contributed by atoms with Crippen LogP contribution in [0.15, 0.2) is 29.4 Å². The van der Waals surface area contributed by atoms with Crippen molar-refractivity contribution in [3.8, 4) is 0 Å². The summed E-state index contributed by atoms with van der Waals surface area (Å²) in [7, 11) is 0. The van der Waals surface area contributed by atoms with Crippen LogP contribution in [0.3, 0.4) is 0 Å². The fraction of sp³-hybridized carbons (Fsp3) is 0.500. The van der Waals surface area contributed by atoms with Crippen molar-refractivity contribution in [1.82, 2.24) is 14.8 Å². The molecule has 0 atom stereocenters. The Bertz CT molecular complexity index is 576. The van der Waals surface area contributed by atoms with E-state index in [1.165, 1.54) is 36.3 Å². The third kappa shape index (κ3) is 3.79. The van der Waals surface area contributed by atoms with Crippen LogP contribution in [0.1, 0.15) is 30.7 Å². The molecule has 1 aromatic carbocycles. The van der Waals surface area contributed by atoms with Crippen LogP contribution in [-0.4, -0.2) is 27.1 Å². The van der Waals surface area contributed by atoms with Gasteiger partial charge in [0.2, 0.25) is 0 Å². The van der Waals surface area contributed by atoms with E-state index in [1.54, 1.807) is 11.8 Å². The number of hydrogen-bond donors (Lipinski definition) is 1. The summed E-state index contributed by atoms with van der Waals surface area (Å²) >= 11 is 1.80. The van der Waals surface area contributed by atoms with Gasteiger partial charge in [-0.15, -0.1) is 10.2 Å². The Morgan fingerprint density at radius 1 is 1.14 bits per heavy atom. The summed E-state index contributed by atoms with van der Waals surface area (Å²) < 4.78 is 2.31. The minimum atomic E-state index is 0.940. The molecular formula is C16H22N4S. The minimum absolute atomic E-state index is 0.940. The van der Waals surface area contributed by atoms with Crippen molar-refractivity contribution in [2.75, 3.05) is 17.6 Å². The normalized spacial score (nSPS) is 14.5. The molecule has 0 aliphatic carbocycles. The van der Waals surface area contributed by atoms with Crippen LogP contribution in [-0.2, 0) is 13.0 Å². The number of aromatic nitrogens is 3. The first-order valence-electron chi connectivity index (χ1n) is 7.68. The predicted molar refractivity (Wildman–Crippen MR) is 88.0 cm³/mol. The standard InChI is InChI=1S/C16H22N4S/c1-13-6-8-14(9-7-13)17-10-12-21-16-19-18-15-5-3-2-4-11-20(15)16/h6-9,17H,2-5,10-12H2,1H3. The van der Waals surface area contributed by atoms with Gasteiger partial charge in [-0.1, -0.05) is 35.9 Å². The molecule has 0 saturated carbocycles. The number of fused-ring (bicyclic) bond motifs is 1. The molecule has 1 aromatic heterocycles. The summed E-state index contributed by atoms with van der Waals surface area (Å²) in [6.45, 7) is 4.13. The first kappa shape index (κ1) is 14.4. The number of hydrogen-bond acceptors (Lipinski definition) is 4. The fourth-order valence-electron chi connectivity index (χ4n) is 2.57. The Balaban J connectivity index is 1.49. The van der Waals surface area contributed by atoms with Gasteiger partial charge in [0.05, 0.1) is 0 Å². The largest absolute Gasteiger partial charge is 0.384 e. The highest BCUT2D eigenvalue weighted by Gasteiger charge is 2.14. The Morgan fingerprint density at radius 2 is 2.00 bits per heavy atom. The van der Waals surface area contributed by atoms with Gasteiger partial charge in [-0.25, -0.2) is 0 Å². The number of thioether (sulfide) groups is 1. The van der Waals surface area contributed by atoms with Gasteiger partial charge in [-0.05, 0) is 31.9 Å². The van der Waals surface area contributed by atoms with Crippen LogP contribution < -0.4 is 5.32 Å². The van der Waals surface area contributed by atoms with Crippen LogP contribution in [0.25, 0.3) is 0 Å². The molecule has 2 heterocycles. The van der Waals surface area contributed by atoms with Crippen LogP contribution in [0.5, 0.6) is 0 Å². The van der Waals surface area contributed by atoms with E-state index < -0.39 is 0 Å². The summed E-state index contributed by atoms with van der Waals surface area (Å²) in [5, 5.41) is 13.2. The van der Waals surface area contributed by atoms with Gasteiger partial charge in [0.1, 0.15) is 5.82 Å². The van der Waals surface area contributed by atoms with E-state index in [0.29, 0.717) is 0 Å². The van der Waals surface area contributed by atoms with Crippen molar-refractivity contribution in [3.63, 3.8) is 0 Å². The molecule has 4 nitrogen and oxygen atoms in total. The molecule has 3 rings (SSSR count). The zero-order chi connectivity index (χ0) is 14.5. The molecule has 1 N–H and O–H groups in total. The number of aryl methyl sites for hydroxylation is 2. The monoisotopic (exact) mass is 302 g/mol. The summed E-state index contributed by atoms with van der Waals surface area (Å²) in [5.74, 6) is 2.17. The van der Waals surface area contributed by atoms with Gasteiger partial charge in [-0.2, -0.15) is 0 Å².